The summed E-state index contributed by atoms with van der Waals surface area (Å²) >= 11 is 0. The van der Waals surface area contributed by atoms with Gasteiger partial charge in [0.05, 0.1) is 12.5 Å². The second-order valence-corrected chi connectivity index (χ2v) is 3.50. The van der Waals surface area contributed by atoms with Gasteiger partial charge in [-0.25, -0.2) is 4.39 Å². The third kappa shape index (κ3) is 2.82. The van der Waals surface area contributed by atoms with Crippen molar-refractivity contribution in [1.82, 2.24) is 0 Å². The van der Waals surface area contributed by atoms with Crippen LogP contribution in [0.1, 0.15) is 5.56 Å². The van der Waals surface area contributed by atoms with E-state index in [1.807, 2.05) is 18.2 Å². The highest BCUT2D eigenvalue weighted by Gasteiger charge is 2.04. The smallest absolute Gasteiger partial charge is 0.131 e. The summed E-state index contributed by atoms with van der Waals surface area (Å²) in [5, 5.41) is 8.69. The molecule has 0 aliphatic rings. The average Bonchev–Trinajstić information content (AvgIpc) is 2.32. The van der Waals surface area contributed by atoms with E-state index in [1.165, 1.54) is 12.1 Å². The predicted octanol–water partition coefficient (Wildman–Crippen LogP) is 3.68. The molecule has 3 heteroatoms. The fourth-order valence-corrected chi connectivity index (χ4v) is 1.49. The number of ether oxygens (including phenoxy) is 1. The van der Waals surface area contributed by atoms with Gasteiger partial charge in [0.1, 0.15) is 17.3 Å². The second-order valence-electron chi connectivity index (χ2n) is 3.50. The van der Waals surface area contributed by atoms with Gasteiger partial charge in [-0.2, -0.15) is 5.26 Å². The van der Waals surface area contributed by atoms with Gasteiger partial charge in [-0.05, 0) is 18.2 Å². The Hall–Kier alpha value is -2.34. The van der Waals surface area contributed by atoms with Crippen LogP contribution in [0.3, 0.4) is 0 Å². The summed E-state index contributed by atoms with van der Waals surface area (Å²) < 4.78 is 18.5. The van der Waals surface area contributed by atoms with Crippen molar-refractivity contribution >= 4 is 0 Å². The van der Waals surface area contributed by atoms with Gasteiger partial charge in [0, 0.05) is 11.6 Å². The van der Waals surface area contributed by atoms with Gasteiger partial charge >= 0.3 is 0 Å². The Balaban J connectivity index is 2.27. The first-order valence-electron chi connectivity index (χ1n) is 5.18. The lowest BCUT2D eigenvalue weighted by molar-refractivity contribution is 0.472. The zero-order valence-electron chi connectivity index (χ0n) is 9.06. The van der Waals surface area contributed by atoms with Gasteiger partial charge in [-0.15, -0.1) is 0 Å². The summed E-state index contributed by atoms with van der Waals surface area (Å²) in [6, 6.07) is 15.2. The lowest BCUT2D eigenvalue weighted by Gasteiger charge is -2.08. The van der Waals surface area contributed by atoms with Crippen LogP contribution in [0, 0.1) is 17.1 Å². The second kappa shape index (κ2) is 5.13. The third-order valence-electron chi connectivity index (χ3n) is 2.27. The molecule has 0 amide bonds. The minimum Gasteiger partial charge on any atom is -0.457 e. The van der Waals surface area contributed by atoms with Crippen LogP contribution >= 0.6 is 0 Å². The van der Waals surface area contributed by atoms with Crippen molar-refractivity contribution in [3.8, 4) is 17.6 Å². The van der Waals surface area contributed by atoms with Crippen LogP contribution in [-0.4, -0.2) is 0 Å². The average molecular weight is 227 g/mol. The maximum Gasteiger partial charge on any atom is 0.131 e. The van der Waals surface area contributed by atoms with E-state index < -0.39 is 0 Å². The van der Waals surface area contributed by atoms with E-state index in [9.17, 15) is 4.39 Å². The molecular weight excluding hydrogens is 217 g/mol. The Bertz CT molecular complexity index is 560. The molecule has 2 aromatic rings. The Labute approximate surface area is 98.9 Å². The molecule has 0 N–H and O–H groups in total. The molecule has 0 fully saturated rings. The molecule has 17 heavy (non-hydrogen) atoms. The van der Waals surface area contributed by atoms with Crippen molar-refractivity contribution in [2.75, 3.05) is 0 Å². The molecule has 0 heterocycles. The van der Waals surface area contributed by atoms with Crippen LogP contribution < -0.4 is 4.74 Å². The minimum atomic E-state index is -0.347. The number of hydrogen-bond donors (Lipinski definition) is 0. The first-order chi connectivity index (χ1) is 8.29. The van der Waals surface area contributed by atoms with Gasteiger partial charge in [-0.1, -0.05) is 24.3 Å². The van der Waals surface area contributed by atoms with E-state index in [0.29, 0.717) is 11.5 Å². The van der Waals surface area contributed by atoms with Crippen LogP contribution in [0.25, 0.3) is 0 Å². The molecule has 2 aromatic carbocycles. The lowest BCUT2D eigenvalue weighted by atomic mass is 10.1. The fourth-order valence-electron chi connectivity index (χ4n) is 1.49. The molecule has 2 rings (SSSR count). The molecule has 0 spiro atoms. The quantitative estimate of drug-likeness (QED) is 0.801. The van der Waals surface area contributed by atoms with Gasteiger partial charge in [0.2, 0.25) is 0 Å². The SMILES string of the molecule is N#CCc1ccccc1Oc1cccc(F)c1. The van der Waals surface area contributed by atoms with Crippen LogP contribution in [0.4, 0.5) is 4.39 Å². The molecule has 0 atom stereocenters. The molecule has 0 aliphatic carbocycles. The summed E-state index contributed by atoms with van der Waals surface area (Å²) in [7, 11) is 0. The van der Waals surface area contributed by atoms with Gasteiger partial charge in [0.15, 0.2) is 0 Å². The van der Waals surface area contributed by atoms with Gasteiger partial charge in [0.25, 0.3) is 0 Å². The number of halogens is 1. The highest BCUT2D eigenvalue weighted by atomic mass is 19.1. The molecule has 84 valence electrons. The zero-order chi connectivity index (χ0) is 12.1. The normalized spacial score (nSPS) is 9.65. The molecule has 0 bridgehead atoms. The van der Waals surface area contributed by atoms with Crippen molar-refractivity contribution in [3.05, 3.63) is 59.9 Å². The molecule has 0 unspecified atom stereocenters. The van der Waals surface area contributed by atoms with Crippen molar-refractivity contribution in [3.63, 3.8) is 0 Å². The Morgan fingerprint density at radius 2 is 1.94 bits per heavy atom. The van der Waals surface area contributed by atoms with Crippen molar-refractivity contribution in [1.29, 1.82) is 5.26 Å². The highest BCUT2D eigenvalue weighted by Crippen LogP contribution is 2.25. The van der Waals surface area contributed by atoms with E-state index in [2.05, 4.69) is 6.07 Å². The first kappa shape index (κ1) is 11.2. The number of rotatable bonds is 3. The maximum absolute atomic E-state index is 13.0. The van der Waals surface area contributed by atoms with E-state index in [1.54, 1.807) is 18.2 Å². The topological polar surface area (TPSA) is 33.0 Å². The van der Waals surface area contributed by atoms with Crippen molar-refractivity contribution < 1.29 is 9.13 Å². The monoisotopic (exact) mass is 227 g/mol. The maximum atomic E-state index is 13.0. The molecule has 0 aliphatic heterocycles. The minimum absolute atomic E-state index is 0.269. The Morgan fingerprint density at radius 3 is 2.71 bits per heavy atom. The number of para-hydroxylation sites is 1. The lowest BCUT2D eigenvalue weighted by Crippen LogP contribution is -1.90. The number of benzene rings is 2. The molecule has 0 aromatic heterocycles. The third-order valence-corrected chi connectivity index (χ3v) is 2.27. The van der Waals surface area contributed by atoms with Gasteiger partial charge < -0.3 is 4.74 Å². The largest absolute Gasteiger partial charge is 0.457 e. The Morgan fingerprint density at radius 1 is 1.12 bits per heavy atom. The van der Waals surface area contributed by atoms with E-state index >= 15 is 0 Å². The highest BCUT2D eigenvalue weighted by molar-refractivity contribution is 5.39. The molecule has 0 saturated carbocycles. The van der Waals surface area contributed by atoms with Crippen molar-refractivity contribution in [2.45, 2.75) is 6.42 Å². The van der Waals surface area contributed by atoms with E-state index in [0.717, 1.165) is 5.56 Å². The molecular formula is C14H10FNO. The number of nitriles is 1. The number of nitrogens with zero attached hydrogens (tertiary/aromatic N) is 1. The summed E-state index contributed by atoms with van der Waals surface area (Å²) in [4.78, 5) is 0. The summed E-state index contributed by atoms with van der Waals surface area (Å²) in [6.07, 6.45) is 0.269. The van der Waals surface area contributed by atoms with E-state index in [4.69, 9.17) is 10.00 Å². The summed E-state index contributed by atoms with van der Waals surface area (Å²) in [5.74, 6) is 0.662. The fraction of sp³-hybridized carbons (Fsp3) is 0.0714. The Kier molecular flexibility index (Phi) is 3.37. The van der Waals surface area contributed by atoms with Gasteiger partial charge in [-0.3, -0.25) is 0 Å². The van der Waals surface area contributed by atoms with Crippen LogP contribution in [-0.2, 0) is 6.42 Å². The standard InChI is InChI=1S/C14H10FNO/c15-12-5-3-6-13(10-12)17-14-7-2-1-4-11(14)8-9-16/h1-7,10H,8H2. The van der Waals surface area contributed by atoms with E-state index in [-0.39, 0.29) is 12.2 Å². The molecule has 2 nitrogen and oxygen atoms in total. The number of hydrogen-bond acceptors (Lipinski definition) is 2. The van der Waals surface area contributed by atoms with Crippen LogP contribution in [0.5, 0.6) is 11.5 Å². The molecule has 0 saturated heterocycles. The zero-order valence-corrected chi connectivity index (χ0v) is 9.06. The summed E-state index contributed by atoms with van der Waals surface area (Å²) in [6.45, 7) is 0. The first-order valence-corrected chi connectivity index (χ1v) is 5.18. The van der Waals surface area contributed by atoms with Crippen LogP contribution in [0.2, 0.25) is 0 Å². The van der Waals surface area contributed by atoms with Crippen molar-refractivity contribution in [2.24, 2.45) is 0 Å². The van der Waals surface area contributed by atoms with Crippen LogP contribution in [0.15, 0.2) is 48.5 Å². The summed E-state index contributed by atoms with van der Waals surface area (Å²) in [5.41, 5.74) is 0.791. The molecule has 0 radical (unpaired) electrons. The predicted molar refractivity (Wildman–Crippen MR) is 62.2 cm³/mol.